The number of nitrogens with two attached hydrogens (primary N) is 1. The lowest BCUT2D eigenvalue weighted by Gasteiger charge is -2.11. The summed E-state index contributed by atoms with van der Waals surface area (Å²) in [6.45, 7) is 0.294. The first-order valence-electron chi connectivity index (χ1n) is 6.07. The molecule has 1 aromatic carbocycles. The second kappa shape index (κ2) is 6.10. The third-order valence-electron chi connectivity index (χ3n) is 2.70. The summed E-state index contributed by atoms with van der Waals surface area (Å²) >= 11 is 0. The van der Waals surface area contributed by atoms with Crippen molar-refractivity contribution in [2.24, 2.45) is 12.8 Å². The largest absolute Gasteiger partial charge is 0.347 e. The Bertz CT molecular complexity index is 537. The number of nitrogens with zero attached hydrogens (tertiary/aromatic N) is 3. The van der Waals surface area contributed by atoms with Crippen molar-refractivity contribution < 1.29 is 4.79 Å². The van der Waals surface area contributed by atoms with Gasteiger partial charge in [-0.2, -0.15) is 5.10 Å². The fourth-order valence-corrected chi connectivity index (χ4v) is 1.72. The highest BCUT2D eigenvalue weighted by Gasteiger charge is 2.14. The molecule has 1 unspecified atom stereocenters. The molecular weight excluding hydrogens is 242 g/mol. The Balaban J connectivity index is 1.82. The molecule has 19 heavy (non-hydrogen) atoms. The van der Waals surface area contributed by atoms with Gasteiger partial charge in [0.1, 0.15) is 6.33 Å². The smallest absolute Gasteiger partial charge is 0.237 e. The van der Waals surface area contributed by atoms with Crippen LogP contribution in [0.15, 0.2) is 36.7 Å². The van der Waals surface area contributed by atoms with E-state index in [1.54, 1.807) is 18.1 Å². The first kappa shape index (κ1) is 13.2. The number of rotatable bonds is 5. The van der Waals surface area contributed by atoms with Crippen molar-refractivity contribution in [3.05, 3.63) is 48.0 Å². The third-order valence-corrected chi connectivity index (χ3v) is 2.70. The van der Waals surface area contributed by atoms with Crippen LogP contribution < -0.4 is 11.1 Å². The Hall–Kier alpha value is -2.21. The molecule has 0 fully saturated rings. The lowest BCUT2D eigenvalue weighted by molar-refractivity contribution is -0.122. The van der Waals surface area contributed by atoms with Crippen molar-refractivity contribution in [2.75, 3.05) is 0 Å². The number of carbonyl (C=O) groups is 1. The predicted molar refractivity (Wildman–Crippen MR) is 71.0 cm³/mol. The van der Waals surface area contributed by atoms with Crippen LogP contribution in [0, 0.1) is 0 Å². The van der Waals surface area contributed by atoms with E-state index in [2.05, 4.69) is 15.4 Å². The van der Waals surface area contributed by atoms with Crippen LogP contribution >= 0.6 is 0 Å². The van der Waals surface area contributed by atoms with E-state index in [1.807, 2.05) is 30.3 Å². The minimum Gasteiger partial charge on any atom is -0.347 e. The third kappa shape index (κ3) is 3.89. The molecule has 1 amide bonds. The topological polar surface area (TPSA) is 85.8 Å². The molecule has 1 atom stereocenters. The van der Waals surface area contributed by atoms with Gasteiger partial charge in [-0.25, -0.2) is 4.98 Å². The lowest BCUT2D eigenvalue weighted by atomic mass is 10.1. The Kier molecular flexibility index (Phi) is 4.25. The summed E-state index contributed by atoms with van der Waals surface area (Å²) in [5.74, 6) is 0.374. The molecule has 6 heteroatoms. The van der Waals surface area contributed by atoms with Crippen LogP contribution in [0.4, 0.5) is 0 Å². The summed E-state index contributed by atoms with van der Waals surface area (Å²) in [6.07, 6.45) is 2.10. The summed E-state index contributed by atoms with van der Waals surface area (Å²) < 4.78 is 1.59. The maximum absolute atomic E-state index is 11.8. The predicted octanol–water partition coefficient (Wildman–Crippen LogP) is 0.00130. The fraction of sp³-hybridized carbons (Fsp3) is 0.308. The molecular formula is C13H17N5O. The van der Waals surface area contributed by atoms with Crippen LogP contribution in [0.3, 0.4) is 0 Å². The minimum absolute atomic E-state index is 0.198. The van der Waals surface area contributed by atoms with Gasteiger partial charge in [0.2, 0.25) is 5.91 Å². The van der Waals surface area contributed by atoms with E-state index in [4.69, 9.17) is 5.73 Å². The van der Waals surface area contributed by atoms with Crippen LogP contribution in [0.1, 0.15) is 11.4 Å². The minimum atomic E-state index is -0.564. The van der Waals surface area contributed by atoms with Crippen LogP contribution in [-0.2, 0) is 24.8 Å². The van der Waals surface area contributed by atoms with Gasteiger partial charge >= 0.3 is 0 Å². The number of amides is 1. The highest BCUT2D eigenvalue weighted by atomic mass is 16.2. The van der Waals surface area contributed by atoms with E-state index >= 15 is 0 Å². The average molecular weight is 259 g/mol. The van der Waals surface area contributed by atoms with E-state index in [0.717, 1.165) is 5.56 Å². The standard InChI is InChI=1S/C13H17N5O/c1-18-9-16-12(17-18)8-15-13(19)11(14)7-10-5-3-2-4-6-10/h2-6,9,11H,7-8,14H2,1H3,(H,15,19). The van der Waals surface area contributed by atoms with Gasteiger partial charge in [0, 0.05) is 7.05 Å². The van der Waals surface area contributed by atoms with Crippen molar-refractivity contribution in [1.29, 1.82) is 0 Å². The zero-order valence-electron chi connectivity index (χ0n) is 10.8. The first-order valence-corrected chi connectivity index (χ1v) is 6.07. The van der Waals surface area contributed by atoms with Crippen molar-refractivity contribution in [3.8, 4) is 0 Å². The van der Waals surface area contributed by atoms with Gasteiger partial charge in [0.15, 0.2) is 5.82 Å². The van der Waals surface area contributed by atoms with Gasteiger partial charge in [0.25, 0.3) is 0 Å². The van der Waals surface area contributed by atoms with Crippen LogP contribution in [-0.4, -0.2) is 26.7 Å². The van der Waals surface area contributed by atoms with Crippen molar-refractivity contribution in [2.45, 2.75) is 19.0 Å². The number of nitrogens with one attached hydrogen (secondary N) is 1. The number of hydrogen-bond donors (Lipinski definition) is 2. The Morgan fingerprint density at radius 3 is 2.79 bits per heavy atom. The molecule has 0 aliphatic carbocycles. The first-order chi connectivity index (χ1) is 9.15. The Labute approximate surface area is 111 Å². The average Bonchev–Trinajstić information content (AvgIpc) is 2.83. The summed E-state index contributed by atoms with van der Waals surface area (Å²) in [5.41, 5.74) is 6.90. The molecule has 0 aliphatic heterocycles. The molecule has 100 valence electrons. The SMILES string of the molecule is Cn1cnc(CNC(=O)C(N)Cc2ccccc2)n1. The number of benzene rings is 1. The van der Waals surface area contributed by atoms with Crippen molar-refractivity contribution in [3.63, 3.8) is 0 Å². The summed E-state index contributed by atoms with van der Waals surface area (Å²) in [6, 6.07) is 9.13. The molecule has 1 heterocycles. The summed E-state index contributed by atoms with van der Waals surface area (Å²) in [7, 11) is 1.78. The van der Waals surface area contributed by atoms with Crippen molar-refractivity contribution >= 4 is 5.91 Å². The van der Waals surface area contributed by atoms with Crippen LogP contribution in [0.25, 0.3) is 0 Å². The van der Waals surface area contributed by atoms with Gasteiger partial charge in [-0.15, -0.1) is 0 Å². The van der Waals surface area contributed by atoms with E-state index in [-0.39, 0.29) is 5.91 Å². The molecule has 0 aliphatic rings. The zero-order valence-corrected chi connectivity index (χ0v) is 10.8. The molecule has 6 nitrogen and oxygen atoms in total. The molecule has 2 rings (SSSR count). The van der Waals surface area contributed by atoms with Gasteiger partial charge in [-0.05, 0) is 12.0 Å². The molecule has 0 spiro atoms. The molecule has 0 bridgehead atoms. The van der Waals surface area contributed by atoms with E-state index in [1.165, 1.54) is 0 Å². The van der Waals surface area contributed by atoms with Gasteiger partial charge < -0.3 is 11.1 Å². The fourth-order valence-electron chi connectivity index (χ4n) is 1.72. The summed E-state index contributed by atoms with van der Waals surface area (Å²) in [5, 5.41) is 6.81. The monoisotopic (exact) mass is 259 g/mol. The number of aryl methyl sites for hydroxylation is 1. The number of hydrogen-bond acceptors (Lipinski definition) is 4. The highest BCUT2D eigenvalue weighted by molar-refractivity contribution is 5.81. The normalized spacial score (nSPS) is 12.1. The molecule has 0 saturated heterocycles. The van der Waals surface area contributed by atoms with Gasteiger partial charge in [0.05, 0.1) is 12.6 Å². The van der Waals surface area contributed by atoms with Gasteiger partial charge in [-0.1, -0.05) is 30.3 Å². The number of aromatic nitrogens is 3. The maximum atomic E-state index is 11.8. The molecule has 0 radical (unpaired) electrons. The highest BCUT2D eigenvalue weighted by Crippen LogP contribution is 2.02. The number of carbonyl (C=O) groups excluding carboxylic acids is 1. The quantitative estimate of drug-likeness (QED) is 0.791. The summed E-state index contributed by atoms with van der Waals surface area (Å²) in [4.78, 5) is 15.9. The molecule has 0 saturated carbocycles. The van der Waals surface area contributed by atoms with E-state index < -0.39 is 6.04 Å². The molecule has 3 N–H and O–H groups in total. The molecule has 2 aromatic rings. The Morgan fingerprint density at radius 1 is 1.42 bits per heavy atom. The second-order valence-electron chi connectivity index (χ2n) is 4.35. The Morgan fingerprint density at radius 2 is 2.16 bits per heavy atom. The zero-order chi connectivity index (χ0) is 13.7. The van der Waals surface area contributed by atoms with Gasteiger partial charge in [-0.3, -0.25) is 9.48 Å². The maximum Gasteiger partial charge on any atom is 0.237 e. The second-order valence-corrected chi connectivity index (χ2v) is 4.35. The van der Waals surface area contributed by atoms with Crippen LogP contribution in [0.5, 0.6) is 0 Å². The lowest BCUT2D eigenvalue weighted by Crippen LogP contribution is -2.41. The van der Waals surface area contributed by atoms with Crippen molar-refractivity contribution in [1.82, 2.24) is 20.1 Å². The van der Waals surface area contributed by atoms with Crippen LogP contribution in [0.2, 0.25) is 0 Å². The van der Waals surface area contributed by atoms with E-state index in [9.17, 15) is 4.79 Å². The molecule has 1 aromatic heterocycles. The van der Waals surface area contributed by atoms with E-state index in [0.29, 0.717) is 18.8 Å².